The lowest BCUT2D eigenvalue weighted by atomic mass is 10.1. The predicted molar refractivity (Wildman–Crippen MR) is 83.8 cm³/mol. The molecule has 112 valence electrons. The molecule has 1 N–H and O–H groups in total. The van der Waals surface area contributed by atoms with E-state index in [1.807, 2.05) is 24.4 Å². The maximum absolute atomic E-state index is 5.33. The minimum absolute atomic E-state index is 0.364. The van der Waals surface area contributed by atoms with Crippen molar-refractivity contribution in [1.82, 2.24) is 10.3 Å². The van der Waals surface area contributed by atoms with Gasteiger partial charge < -0.3 is 14.8 Å². The van der Waals surface area contributed by atoms with E-state index >= 15 is 0 Å². The lowest BCUT2D eigenvalue weighted by Crippen LogP contribution is -2.27. The average molecular weight is 286 g/mol. The molecule has 0 fully saturated rings. The predicted octanol–water partition coefficient (Wildman–Crippen LogP) is 2.82. The lowest BCUT2D eigenvalue weighted by Gasteiger charge is -2.15. The van der Waals surface area contributed by atoms with Gasteiger partial charge in [0.2, 0.25) is 0 Å². The number of aromatic nitrogens is 1. The third-order valence-corrected chi connectivity index (χ3v) is 3.37. The van der Waals surface area contributed by atoms with Crippen molar-refractivity contribution in [3.8, 4) is 11.5 Å². The molecule has 0 aliphatic rings. The van der Waals surface area contributed by atoms with Crippen LogP contribution in [0.3, 0.4) is 0 Å². The van der Waals surface area contributed by atoms with E-state index in [1.54, 1.807) is 20.4 Å². The van der Waals surface area contributed by atoms with Gasteiger partial charge in [0, 0.05) is 25.0 Å². The molecule has 0 aliphatic carbocycles. The highest BCUT2D eigenvalue weighted by Gasteiger charge is 2.08. The Bertz CT molecular complexity index is 558. The monoisotopic (exact) mass is 286 g/mol. The Kier molecular flexibility index (Phi) is 5.58. The number of hydrogen-bond acceptors (Lipinski definition) is 4. The van der Waals surface area contributed by atoms with Crippen molar-refractivity contribution in [2.24, 2.45) is 0 Å². The van der Waals surface area contributed by atoms with Crippen LogP contribution >= 0.6 is 0 Å². The molecule has 1 unspecified atom stereocenters. The molecule has 2 aromatic rings. The van der Waals surface area contributed by atoms with E-state index in [0.29, 0.717) is 6.04 Å². The second-order valence-corrected chi connectivity index (χ2v) is 5.04. The summed E-state index contributed by atoms with van der Waals surface area (Å²) in [6, 6.07) is 10.4. The molecule has 0 saturated heterocycles. The van der Waals surface area contributed by atoms with Crippen molar-refractivity contribution in [2.45, 2.75) is 25.9 Å². The van der Waals surface area contributed by atoms with Gasteiger partial charge in [0.05, 0.1) is 14.2 Å². The Balaban J connectivity index is 1.91. The van der Waals surface area contributed by atoms with Crippen LogP contribution in [0.1, 0.15) is 18.1 Å². The van der Waals surface area contributed by atoms with Crippen molar-refractivity contribution < 1.29 is 9.47 Å². The zero-order chi connectivity index (χ0) is 15.1. The Morgan fingerprint density at radius 1 is 1.10 bits per heavy atom. The van der Waals surface area contributed by atoms with Gasteiger partial charge in [-0.2, -0.15) is 0 Å². The Labute approximate surface area is 126 Å². The van der Waals surface area contributed by atoms with Crippen molar-refractivity contribution in [3.05, 3.63) is 53.9 Å². The normalized spacial score (nSPS) is 12.0. The summed E-state index contributed by atoms with van der Waals surface area (Å²) in [5, 5.41) is 3.50. The third kappa shape index (κ3) is 4.46. The van der Waals surface area contributed by atoms with E-state index in [1.165, 1.54) is 11.1 Å². The van der Waals surface area contributed by atoms with Gasteiger partial charge in [-0.1, -0.05) is 12.1 Å². The highest BCUT2D eigenvalue weighted by atomic mass is 16.5. The summed E-state index contributed by atoms with van der Waals surface area (Å²) in [6.07, 6.45) is 4.60. The van der Waals surface area contributed by atoms with E-state index in [2.05, 4.69) is 29.4 Å². The molecule has 0 aliphatic heterocycles. The molecule has 0 radical (unpaired) electrons. The van der Waals surface area contributed by atoms with Gasteiger partial charge >= 0.3 is 0 Å². The first-order chi connectivity index (χ1) is 10.2. The molecule has 1 aromatic heterocycles. The van der Waals surface area contributed by atoms with E-state index in [0.717, 1.165) is 24.5 Å². The molecule has 0 bridgehead atoms. The van der Waals surface area contributed by atoms with Gasteiger partial charge in [-0.05, 0) is 42.7 Å². The molecule has 0 spiro atoms. The van der Waals surface area contributed by atoms with Crippen LogP contribution in [-0.2, 0) is 13.0 Å². The maximum Gasteiger partial charge on any atom is 0.160 e. The van der Waals surface area contributed by atoms with Crippen LogP contribution in [0.2, 0.25) is 0 Å². The van der Waals surface area contributed by atoms with Crippen molar-refractivity contribution in [3.63, 3.8) is 0 Å². The number of hydrogen-bond donors (Lipinski definition) is 1. The van der Waals surface area contributed by atoms with Gasteiger partial charge in [-0.15, -0.1) is 0 Å². The largest absolute Gasteiger partial charge is 0.493 e. The lowest BCUT2D eigenvalue weighted by molar-refractivity contribution is 0.354. The van der Waals surface area contributed by atoms with Crippen LogP contribution < -0.4 is 14.8 Å². The topological polar surface area (TPSA) is 43.4 Å². The molecule has 4 nitrogen and oxygen atoms in total. The van der Waals surface area contributed by atoms with Gasteiger partial charge in [0.1, 0.15) is 0 Å². The number of nitrogens with one attached hydrogen (secondary N) is 1. The first kappa shape index (κ1) is 15.3. The van der Waals surface area contributed by atoms with Crippen LogP contribution in [0, 0.1) is 0 Å². The summed E-state index contributed by atoms with van der Waals surface area (Å²) in [6.45, 7) is 3.00. The van der Waals surface area contributed by atoms with Gasteiger partial charge in [-0.25, -0.2) is 0 Å². The molecule has 1 atom stereocenters. The number of rotatable bonds is 7. The van der Waals surface area contributed by atoms with Crippen molar-refractivity contribution >= 4 is 0 Å². The van der Waals surface area contributed by atoms with Crippen LogP contribution in [0.5, 0.6) is 11.5 Å². The van der Waals surface area contributed by atoms with Crippen LogP contribution in [0.25, 0.3) is 0 Å². The van der Waals surface area contributed by atoms with Gasteiger partial charge in [0.25, 0.3) is 0 Å². The zero-order valence-electron chi connectivity index (χ0n) is 12.8. The molecular weight excluding hydrogens is 264 g/mol. The highest BCUT2D eigenvalue weighted by Crippen LogP contribution is 2.27. The molecule has 1 heterocycles. The summed E-state index contributed by atoms with van der Waals surface area (Å²) in [5.41, 5.74) is 2.41. The number of benzene rings is 1. The number of methoxy groups -OCH3 is 2. The second-order valence-electron chi connectivity index (χ2n) is 5.04. The Morgan fingerprint density at radius 3 is 2.57 bits per heavy atom. The van der Waals surface area contributed by atoms with Crippen molar-refractivity contribution in [1.29, 1.82) is 0 Å². The van der Waals surface area contributed by atoms with Crippen LogP contribution in [0.4, 0.5) is 0 Å². The SMILES string of the molecule is COc1ccc(CC(C)NCc2cccnc2)cc1OC. The first-order valence-corrected chi connectivity index (χ1v) is 7.06. The summed E-state index contributed by atoms with van der Waals surface area (Å²) in [7, 11) is 3.31. The van der Waals surface area contributed by atoms with Crippen LogP contribution in [-0.4, -0.2) is 25.2 Å². The Hall–Kier alpha value is -2.07. The number of ether oxygens (including phenoxy) is 2. The maximum atomic E-state index is 5.33. The second kappa shape index (κ2) is 7.64. The summed E-state index contributed by atoms with van der Waals surface area (Å²) in [4.78, 5) is 4.12. The van der Waals surface area contributed by atoms with E-state index < -0.39 is 0 Å². The summed E-state index contributed by atoms with van der Waals surface area (Å²) in [5.74, 6) is 1.53. The average Bonchev–Trinajstić information content (AvgIpc) is 2.53. The highest BCUT2D eigenvalue weighted by molar-refractivity contribution is 5.43. The van der Waals surface area contributed by atoms with Crippen LogP contribution in [0.15, 0.2) is 42.7 Å². The van der Waals surface area contributed by atoms with Gasteiger partial charge in [0.15, 0.2) is 11.5 Å². The van der Waals surface area contributed by atoms with Gasteiger partial charge in [-0.3, -0.25) is 4.98 Å². The molecule has 2 rings (SSSR count). The molecule has 0 saturated carbocycles. The standard InChI is InChI=1S/C17H22N2O2/c1-13(19-12-15-5-4-8-18-11-15)9-14-6-7-16(20-2)17(10-14)21-3/h4-8,10-11,13,19H,9,12H2,1-3H3. The minimum atomic E-state index is 0.364. The fourth-order valence-corrected chi connectivity index (χ4v) is 2.23. The number of pyridine rings is 1. The third-order valence-electron chi connectivity index (χ3n) is 3.37. The quantitative estimate of drug-likeness (QED) is 0.850. The summed E-state index contributed by atoms with van der Waals surface area (Å²) >= 11 is 0. The molecule has 4 heteroatoms. The Morgan fingerprint density at radius 2 is 1.90 bits per heavy atom. The van der Waals surface area contributed by atoms with Crippen molar-refractivity contribution in [2.75, 3.05) is 14.2 Å². The molecule has 21 heavy (non-hydrogen) atoms. The van der Waals surface area contributed by atoms with E-state index in [-0.39, 0.29) is 0 Å². The number of nitrogens with zero attached hydrogens (tertiary/aromatic N) is 1. The zero-order valence-corrected chi connectivity index (χ0v) is 12.8. The smallest absolute Gasteiger partial charge is 0.160 e. The molecule has 1 aromatic carbocycles. The first-order valence-electron chi connectivity index (χ1n) is 7.06. The van der Waals surface area contributed by atoms with E-state index in [9.17, 15) is 0 Å². The molecular formula is C17H22N2O2. The minimum Gasteiger partial charge on any atom is -0.493 e. The summed E-state index contributed by atoms with van der Waals surface area (Å²) < 4.78 is 10.6. The molecule has 0 amide bonds. The fraction of sp³-hybridized carbons (Fsp3) is 0.353. The van der Waals surface area contributed by atoms with E-state index in [4.69, 9.17) is 9.47 Å². The fourth-order valence-electron chi connectivity index (χ4n) is 2.23.